The number of nitrogens with one attached hydrogen (secondary N) is 2. The van der Waals surface area contributed by atoms with Gasteiger partial charge in [0.1, 0.15) is 5.84 Å². The standard InChI is InChI=1S/C12H16N2S.C11H12Cl2N2O/c1-9-5-3-6-10(2)11(9)14-12-13-7-4-8-15-12;1-7(11-14-5-6-15-11)16-10-8(12)3-2-4-9(10)13/h3,5-6H,4,7-8H2,1-2H3,(H,13,14);2-4,7H,5-6H2,1H3,(H,14,15). The summed E-state index contributed by atoms with van der Waals surface area (Å²) in [7, 11) is 0. The molecule has 4 rings (SSSR count). The van der Waals surface area contributed by atoms with Crippen LogP contribution in [0.2, 0.25) is 10.0 Å². The molecule has 0 saturated carbocycles. The molecule has 0 amide bonds. The maximum atomic E-state index is 6.01. The van der Waals surface area contributed by atoms with E-state index in [1.165, 1.54) is 29.0 Å². The summed E-state index contributed by atoms with van der Waals surface area (Å²) in [5, 5.41) is 8.68. The summed E-state index contributed by atoms with van der Waals surface area (Å²) in [6, 6.07) is 11.6. The van der Waals surface area contributed by atoms with Gasteiger partial charge in [-0.1, -0.05) is 59.2 Å². The number of para-hydroxylation sites is 2. The molecule has 1 atom stereocenters. The average molecular weight is 479 g/mol. The number of nitrogens with zero attached hydrogens (tertiary/aromatic N) is 2. The molecule has 2 heterocycles. The van der Waals surface area contributed by atoms with Crippen molar-refractivity contribution in [2.45, 2.75) is 33.3 Å². The Kier molecular flexibility index (Phi) is 8.93. The lowest BCUT2D eigenvalue weighted by atomic mass is 10.1. The van der Waals surface area contributed by atoms with E-state index in [-0.39, 0.29) is 6.10 Å². The smallest absolute Gasteiger partial charge is 0.161 e. The lowest BCUT2D eigenvalue weighted by Gasteiger charge is -2.16. The fourth-order valence-corrected chi connectivity index (χ4v) is 4.48. The number of amidine groups is 2. The normalized spacial score (nSPS) is 16.3. The molecule has 1 unspecified atom stereocenters. The van der Waals surface area contributed by atoms with Crippen LogP contribution in [-0.4, -0.2) is 42.5 Å². The van der Waals surface area contributed by atoms with Crippen molar-refractivity contribution in [3.05, 3.63) is 57.6 Å². The highest BCUT2D eigenvalue weighted by atomic mass is 35.5. The minimum atomic E-state index is -0.167. The third-order valence-corrected chi connectivity index (χ3v) is 6.40. The number of aliphatic imine (C=N–C) groups is 2. The molecule has 0 spiro atoms. The van der Waals surface area contributed by atoms with E-state index in [4.69, 9.17) is 27.9 Å². The first kappa shape index (κ1) is 23.8. The monoisotopic (exact) mass is 478 g/mol. The van der Waals surface area contributed by atoms with Crippen LogP contribution in [0.5, 0.6) is 5.75 Å². The van der Waals surface area contributed by atoms with Crippen molar-refractivity contribution in [3.63, 3.8) is 0 Å². The van der Waals surface area contributed by atoms with Gasteiger partial charge in [0.05, 0.1) is 16.6 Å². The Balaban J connectivity index is 0.000000176. The predicted octanol–water partition coefficient (Wildman–Crippen LogP) is 5.97. The summed E-state index contributed by atoms with van der Waals surface area (Å²) in [4.78, 5) is 8.76. The Labute approximate surface area is 198 Å². The summed E-state index contributed by atoms with van der Waals surface area (Å²) >= 11 is 13.8. The minimum Gasteiger partial charge on any atom is -0.480 e. The first-order valence-electron chi connectivity index (χ1n) is 10.3. The number of aryl methyl sites for hydroxylation is 2. The molecule has 2 N–H and O–H groups in total. The van der Waals surface area contributed by atoms with Crippen LogP contribution >= 0.6 is 35.0 Å². The molecule has 5 nitrogen and oxygen atoms in total. The van der Waals surface area contributed by atoms with Crippen molar-refractivity contribution in [1.29, 1.82) is 0 Å². The number of anilines is 1. The first-order valence-corrected chi connectivity index (χ1v) is 12.1. The number of hydrogen-bond donors (Lipinski definition) is 2. The van der Waals surface area contributed by atoms with Crippen molar-refractivity contribution in [2.75, 3.05) is 30.7 Å². The number of rotatable bonds is 4. The van der Waals surface area contributed by atoms with E-state index in [9.17, 15) is 0 Å². The van der Waals surface area contributed by atoms with Gasteiger partial charge in [-0.3, -0.25) is 9.98 Å². The van der Waals surface area contributed by atoms with Crippen molar-refractivity contribution >= 4 is 51.7 Å². The van der Waals surface area contributed by atoms with Crippen LogP contribution in [0.1, 0.15) is 24.5 Å². The molecule has 2 aliphatic rings. The molecule has 2 aliphatic heterocycles. The largest absolute Gasteiger partial charge is 0.480 e. The van der Waals surface area contributed by atoms with Crippen LogP contribution in [0, 0.1) is 13.8 Å². The van der Waals surface area contributed by atoms with E-state index in [1.54, 1.807) is 18.2 Å². The Morgan fingerprint density at radius 1 is 1.03 bits per heavy atom. The van der Waals surface area contributed by atoms with Gasteiger partial charge in [0.2, 0.25) is 0 Å². The number of halogens is 2. The van der Waals surface area contributed by atoms with E-state index < -0.39 is 0 Å². The molecular formula is C23H28Cl2N4OS. The van der Waals surface area contributed by atoms with Crippen molar-refractivity contribution in [1.82, 2.24) is 5.32 Å². The number of ether oxygens (including phenoxy) is 1. The van der Waals surface area contributed by atoms with Crippen LogP contribution in [0.15, 0.2) is 46.4 Å². The maximum Gasteiger partial charge on any atom is 0.161 e. The molecule has 31 heavy (non-hydrogen) atoms. The molecule has 0 aliphatic carbocycles. The van der Waals surface area contributed by atoms with Gasteiger partial charge < -0.3 is 15.4 Å². The van der Waals surface area contributed by atoms with Gasteiger partial charge in [-0.2, -0.15) is 0 Å². The molecule has 0 radical (unpaired) electrons. The Hall–Kier alpha value is -1.89. The van der Waals surface area contributed by atoms with E-state index in [1.807, 2.05) is 18.7 Å². The Morgan fingerprint density at radius 2 is 1.71 bits per heavy atom. The third-order valence-electron chi connectivity index (χ3n) is 4.81. The highest BCUT2D eigenvalue weighted by Gasteiger charge is 2.18. The average Bonchev–Trinajstić information content (AvgIpc) is 3.30. The molecular weight excluding hydrogens is 451 g/mol. The van der Waals surface area contributed by atoms with Gasteiger partial charge in [0, 0.05) is 24.5 Å². The lowest BCUT2D eigenvalue weighted by Crippen LogP contribution is -2.33. The molecule has 8 heteroatoms. The maximum absolute atomic E-state index is 6.01. The SMILES string of the molecule is CC(Oc1c(Cl)cccc1Cl)C1=NCCN1.Cc1cccc(C)c1NC1=NCCCS1. The second-order valence-corrected chi connectivity index (χ2v) is 9.18. The zero-order chi connectivity index (χ0) is 22.2. The van der Waals surface area contributed by atoms with Gasteiger partial charge in [-0.25, -0.2) is 0 Å². The molecule has 0 bridgehead atoms. The molecule has 2 aromatic rings. The van der Waals surface area contributed by atoms with E-state index in [2.05, 4.69) is 52.7 Å². The van der Waals surface area contributed by atoms with Crippen molar-refractivity contribution in [3.8, 4) is 5.75 Å². The third kappa shape index (κ3) is 6.79. The second kappa shape index (κ2) is 11.7. The molecule has 0 saturated heterocycles. The van der Waals surface area contributed by atoms with Crippen LogP contribution in [0.25, 0.3) is 0 Å². The summed E-state index contributed by atoms with van der Waals surface area (Å²) in [5.41, 5.74) is 3.78. The Bertz CT molecular complexity index is 924. The highest BCUT2D eigenvalue weighted by molar-refractivity contribution is 8.14. The van der Waals surface area contributed by atoms with Crippen LogP contribution < -0.4 is 15.4 Å². The topological polar surface area (TPSA) is 58.0 Å². The summed E-state index contributed by atoms with van der Waals surface area (Å²) in [6.45, 7) is 8.78. The quantitative estimate of drug-likeness (QED) is 0.567. The molecule has 0 aromatic heterocycles. The van der Waals surface area contributed by atoms with Gasteiger partial charge in [-0.15, -0.1) is 0 Å². The van der Waals surface area contributed by atoms with Gasteiger partial charge in [0.15, 0.2) is 17.0 Å². The summed E-state index contributed by atoms with van der Waals surface area (Å²) in [6.07, 6.45) is 1.03. The van der Waals surface area contributed by atoms with E-state index in [0.29, 0.717) is 15.8 Å². The van der Waals surface area contributed by atoms with Gasteiger partial charge in [-0.05, 0) is 50.5 Å². The van der Waals surface area contributed by atoms with Gasteiger partial charge in [0.25, 0.3) is 0 Å². The number of hydrogen-bond acceptors (Lipinski definition) is 6. The molecule has 166 valence electrons. The van der Waals surface area contributed by atoms with Crippen LogP contribution in [0.3, 0.4) is 0 Å². The van der Waals surface area contributed by atoms with Gasteiger partial charge >= 0.3 is 0 Å². The van der Waals surface area contributed by atoms with Crippen LogP contribution in [-0.2, 0) is 0 Å². The molecule has 0 fully saturated rings. The summed E-state index contributed by atoms with van der Waals surface area (Å²) in [5.74, 6) is 2.53. The minimum absolute atomic E-state index is 0.167. The highest BCUT2D eigenvalue weighted by Crippen LogP contribution is 2.33. The number of thioether (sulfide) groups is 1. The predicted molar refractivity (Wildman–Crippen MR) is 136 cm³/mol. The first-order chi connectivity index (χ1) is 15.0. The van der Waals surface area contributed by atoms with E-state index in [0.717, 1.165) is 30.6 Å². The van der Waals surface area contributed by atoms with Crippen molar-refractivity contribution in [2.24, 2.45) is 9.98 Å². The van der Waals surface area contributed by atoms with E-state index >= 15 is 0 Å². The second-order valence-electron chi connectivity index (χ2n) is 7.29. The lowest BCUT2D eigenvalue weighted by molar-refractivity contribution is 0.284. The fraction of sp³-hybridized carbons (Fsp3) is 0.391. The number of benzene rings is 2. The Morgan fingerprint density at radius 3 is 2.29 bits per heavy atom. The zero-order valence-corrected chi connectivity index (χ0v) is 20.4. The molecule has 2 aromatic carbocycles. The van der Waals surface area contributed by atoms with Crippen molar-refractivity contribution < 1.29 is 4.74 Å². The van der Waals surface area contributed by atoms with Crippen LogP contribution in [0.4, 0.5) is 5.69 Å². The summed E-state index contributed by atoms with van der Waals surface area (Å²) < 4.78 is 5.70. The zero-order valence-electron chi connectivity index (χ0n) is 18.0. The fourth-order valence-electron chi connectivity index (χ4n) is 3.17.